The van der Waals surface area contributed by atoms with Gasteiger partial charge in [-0.2, -0.15) is 0 Å². The molecule has 150 valence electrons. The van der Waals surface area contributed by atoms with Gasteiger partial charge in [-0.15, -0.1) is 0 Å². The highest BCUT2D eigenvalue weighted by molar-refractivity contribution is 5.92. The molecule has 1 fully saturated rings. The Balaban J connectivity index is 1.28. The van der Waals surface area contributed by atoms with E-state index in [0.29, 0.717) is 43.4 Å². The van der Waals surface area contributed by atoms with Gasteiger partial charge in [0.15, 0.2) is 11.5 Å². The van der Waals surface area contributed by atoms with Gasteiger partial charge in [0.1, 0.15) is 5.82 Å². The highest BCUT2D eigenvalue weighted by Gasteiger charge is 2.23. The highest BCUT2D eigenvalue weighted by Crippen LogP contribution is 2.32. The number of fused-ring (bicyclic) bond motifs is 1. The lowest BCUT2D eigenvalue weighted by molar-refractivity contribution is -0.127. The van der Waals surface area contributed by atoms with Gasteiger partial charge < -0.3 is 24.6 Å². The lowest BCUT2D eigenvalue weighted by Gasteiger charge is -2.34. The second-order valence-electron chi connectivity index (χ2n) is 6.70. The van der Waals surface area contributed by atoms with Gasteiger partial charge in [-0.05, 0) is 48.0 Å². The Kier molecular flexibility index (Phi) is 5.33. The third kappa shape index (κ3) is 4.48. The molecule has 2 heterocycles. The number of benzene rings is 2. The Morgan fingerprint density at radius 2 is 1.62 bits per heavy atom. The Labute approximate surface area is 167 Å². The highest BCUT2D eigenvalue weighted by atomic mass is 19.1. The molecule has 7 nitrogen and oxygen atoms in total. The van der Waals surface area contributed by atoms with E-state index in [0.717, 1.165) is 5.56 Å². The van der Waals surface area contributed by atoms with Crippen LogP contribution in [0.3, 0.4) is 0 Å². The number of hydrogen-bond donors (Lipinski definition) is 1. The molecule has 2 aliphatic heterocycles. The molecule has 0 atom stereocenters. The molecule has 0 spiro atoms. The smallest absolute Gasteiger partial charge is 0.321 e. The van der Waals surface area contributed by atoms with Crippen LogP contribution in [0.1, 0.15) is 5.56 Å². The van der Waals surface area contributed by atoms with Crippen molar-refractivity contribution in [3.8, 4) is 11.5 Å². The van der Waals surface area contributed by atoms with E-state index >= 15 is 0 Å². The van der Waals surface area contributed by atoms with Gasteiger partial charge in [0.2, 0.25) is 12.7 Å². The molecule has 1 N–H and O–H groups in total. The van der Waals surface area contributed by atoms with Crippen LogP contribution in [0.2, 0.25) is 0 Å². The van der Waals surface area contributed by atoms with Crippen LogP contribution in [0.25, 0.3) is 6.08 Å². The molecular weight excluding hydrogens is 377 g/mol. The number of amides is 3. The molecule has 2 aromatic carbocycles. The van der Waals surface area contributed by atoms with Crippen LogP contribution in [0.4, 0.5) is 14.9 Å². The van der Waals surface area contributed by atoms with Crippen LogP contribution < -0.4 is 14.8 Å². The minimum atomic E-state index is -0.357. The Bertz CT molecular complexity index is 937. The van der Waals surface area contributed by atoms with Crippen LogP contribution in [0, 0.1) is 5.82 Å². The maximum Gasteiger partial charge on any atom is 0.321 e. The summed E-state index contributed by atoms with van der Waals surface area (Å²) < 4.78 is 23.6. The lowest BCUT2D eigenvalue weighted by Crippen LogP contribution is -2.51. The average molecular weight is 397 g/mol. The first kappa shape index (κ1) is 18.8. The monoisotopic (exact) mass is 397 g/mol. The van der Waals surface area contributed by atoms with Gasteiger partial charge in [-0.25, -0.2) is 9.18 Å². The summed E-state index contributed by atoms with van der Waals surface area (Å²) in [6, 6.07) is 10.8. The topological polar surface area (TPSA) is 71.1 Å². The van der Waals surface area contributed by atoms with Gasteiger partial charge in [0.25, 0.3) is 0 Å². The number of nitrogens with zero attached hydrogens (tertiary/aromatic N) is 2. The maximum atomic E-state index is 12.9. The minimum absolute atomic E-state index is 0.110. The zero-order valence-corrected chi connectivity index (χ0v) is 15.6. The van der Waals surface area contributed by atoms with Crippen LogP contribution >= 0.6 is 0 Å². The number of nitrogens with one attached hydrogen (secondary N) is 1. The molecule has 0 saturated carbocycles. The molecule has 4 rings (SSSR count). The fraction of sp³-hybridized carbons (Fsp3) is 0.238. The summed E-state index contributed by atoms with van der Waals surface area (Å²) in [6.07, 6.45) is 3.25. The van der Waals surface area contributed by atoms with E-state index in [-0.39, 0.29) is 24.5 Å². The Morgan fingerprint density at radius 3 is 2.38 bits per heavy atom. The summed E-state index contributed by atoms with van der Waals surface area (Å²) >= 11 is 0. The normalized spacial score (nSPS) is 15.6. The zero-order valence-electron chi connectivity index (χ0n) is 15.6. The predicted octanol–water partition coefficient (Wildman–Crippen LogP) is 2.94. The van der Waals surface area contributed by atoms with E-state index in [1.54, 1.807) is 15.9 Å². The predicted molar refractivity (Wildman–Crippen MR) is 105 cm³/mol. The quantitative estimate of drug-likeness (QED) is 0.809. The molecule has 3 amide bonds. The number of carbonyl (C=O) groups excluding carboxylic acids is 2. The Morgan fingerprint density at radius 1 is 0.931 bits per heavy atom. The average Bonchev–Trinajstić information content (AvgIpc) is 3.21. The van der Waals surface area contributed by atoms with E-state index < -0.39 is 0 Å². The van der Waals surface area contributed by atoms with Crippen LogP contribution in [-0.2, 0) is 4.79 Å². The van der Waals surface area contributed by atoms with E-state index in [9.17, 15) is 14.0 Å². The first-order chi connectivity index (χ1) is 14.1. The largest absolute Gasteiger partial charge is 0.454 e. The van der Waals surface area contributed by atoms with E-state index in [1.165, 1.54) is 30.3 Å². The van der Waals surface area contributed by atoms with E-state index in [1.807, 2.05) is 18.2 Å². The molecule has 2 aromatic rings. The van der Waals surface area contributed by atoms with E-state index in [4.69, 9.17) is 9.47 Å². The van der Waals surface area contributed by atoms with Gasteiger partial charge >= 0.3 is 6.03 Å². The number of piperazine rings is 1. The van der Waals surface area contributed by atoms with Crippen molar-refractivity contribution in [2.75, 3.05) is 38.3 Å². The molecule has 29 heavy (non-hydrogen) atoms. The van der Waals surface area contributed by atoms with Crippen molar-refractivity contribution in [2.24, 2.45) is 0 Å². The van der Waals surface area contributed by atoms with Crippen molar-refractivity contribution in [3.63, 3.8) is 0 Å². The molecule has 0 aromatic heterocycles. The summed E-state index contributed by atoms with van der Waals surface area (Å²) in [5.74, 6) is 0.897. The molecule has 1 saturated heterocycles. The molecule has 0 aliphatic carbocycles. The second-order valence-corrected chi connectivity index (χ2v) is 6.70. The van der Waals surface area contributed by atoms with Crippen molar-refractivity contribution in [2.45, 2.75) is 0 Å². The van der Waals surface area contributed by atoms with Gasteiger partial charge in [-0.1, -0.05) is 6.07 Å². The number of halogens is 1. The SMILES string of the molecule is O=C(C=Cc1ccc2c(c1)OCO2)N1CCN(C(=O)Nc2ccc(F)cc2)CC1. The molecule has 8 heteroatoms. The fourth-order valence-electron chi connectivity index (χ4n) is 3.16. The maximum absolute atomic E-state index is 12.9. The third-order valence-corrected chi connectivity index (χ3v) is 4.79. The zero-order chi connectivity index (χ0) is 20.2. The van der Waals surface area contributed by atoms with Crippen molar-refractivity contribution >= 4 is 23.7 Å². The number of hydrogen-bond acceptors (Lipinski definition) is 4. The first-order valence-electron chi connectivity index (χ1n) is 9.27. The van der Waals surface area contributed by atoms with Gasteiger partial charge in [0, 0.05) is 37.9 Å². The number of anilines is 1. The number of ether oxygens (including phenoxy) is 2. The number of rotatable bonds is 3. The van der Waals surface area contributed by atoms with Crippen molar-refractivity contribution in [3.05, 3.63) is 59.9 Å². The van der Waals surface area contributed by atoms with E-state index in [2.05, 4.69) is 5.32 Å². The molecule has 0 radical (unpaired) electrons. The van der Waals surface area contributed by atoms with Gasteiger partial charge in [0.05, 0.1) is 0 Å². The minimum Gasteiger partial charge on any atom is -0.454 e. The number of carbonyl (C=O) groups is 2. The standard InChI is InChI=1S/C21H20FN3O4/c22-16-3-5-17(6-4-16)23-21(27)25-11-9-24(10-12-25)20(26)8-2-15-1-7-18-19(13-15)29-14-28-18/h1-8,13H,9-12,14H2,(H,23,27). The molecule has 2 aliphatic rings. The van der Waals surface area contributed by atoms with Crippen molar-refractivity contribution in [1.29, 1.82) is 0 Å². The van der Waals surface area contributed by atoms with Crippen molar-refractivity contribution < 1.29 is 23.5 Å². The van der Waals surface area contributed by atoms with Crippen molar-refractivity contribution in [1.82, 2.24) is 9.80 Å². The first-order valence-corrected chi connectivity index (χ1v) is 9.27. The van der Waals surface area contributed by atoms with Crippen LogP contribution in [0.15, 0.2) is 48.5 Å². The summed E-state index contributed by atoms with van der Waals surface area (Å²) in [4.78, 5) is 28.1. The fourth-order valence-corrected chi connectivity index (χ4v) is 3.16. The Hall–Kier alpha value is -3.55. The third-order valence-electron chi connectivity index (χ3n) is 4.79. The molecule has 0 bridgehead atoms. The van der Waals surface area contributed by atoms with Gasteiger partial charge in [-0.3, -0.25) is 4.79 Å². The molecular formula is C21H20FN3O4. The van der Waals surface area contributed by atoms with Crippen LogP contribution in [0.5, 0.6) is 11.5 Å². The van der Waals surface area contributed by atoms with Crippen LogP contribution in [-0.4, -0.2) is 54.7 Å². The molecule has 0 unspecified atom stereocenters. The second kappa shape index (κ2) is 8.22. The summed E-state index contributed by atoms with van der Waals surface area (Å²) in [5, 5.41) is 2.73. The summed E-state index contributed by atoms with van der Waals surface area (Å²) in [6.45, 7) is 1.95. The summed E-state index contributed by atoms with van der Waals surface area (Å²) in [7, 11) is 0. The summed E-state index contributed by atoms with van der Waals surface area (Å²) in [5.41, 5.74) is 1.38. The number of urea groups is 1. The lowest BCUT2D eigenvalue weighted by atomic mass is 10.2.